The summed E-state index contributed by atoms with van der Waals surface area (Å²) in [7, 11) is 0. The third kappa shape index (κ3) is 6.35. The Morgan fingerprint density at radius 3 is 2.29 bits per heavy atom. The van der Waals surface area contributed by atoms with Crippen LogP contribution in [0.1, 0.15) is 36.3 Å². The van der Waals surface area contributed by atoms with Gasteiger partial charge in [0.25, 0.3) is 0 Å². The van der Waals surface area contributed by atoms with E-state index in [-0.39, 0.29) is 30.6 Å². The fraction of sp³-hybridized carbons (Fsp3) is 0.423. The van der Waals surface area contributed by atoms with Crippen LogP contribution in [0.2, 0.25) is 0 Å². The second-order valence-electron chi connectivity index (χ2n) is 8.82. The Kier molecular flexibility index (Phi) is 8.30. The fourth-order valence-electron chi connectivity index (χ4n) is 4.75. The van der Waals surface area contributed by atoms with Crippen LogP contribution in [0.15, 0.2) is 48.5 Å². The standard InChI is InChI=1S/C26H30N2O6S/c29-23(27-11-14-35-17-24(30)31)15-26(9-12-33-13-10-26)28-25(32)34-16-22-20-7-3-1-5-18(20)19-6-2-4-8-21(19)22/h1-8,22H,9-17H2,(H,27,29)(H,28,32)(H,30,31). The number of fused-ring (bicyclic) bond motifs is 3. The van der Waals surface area contributed by atoms with Crippen molar-refractivity contribution in [1.29, 1.82) is 0 Å². The number of benzene rings is 2. The Morgan fingerprint density at radius 2 is 1.66 bits per heavy atom. The largest absolute Gasteiger partial charge is 0.481 e. The van der Waals surface area contributed by atoms with E-state index in [0.29, 0.717) is 38.4 Å². The van der Waals surface area contributed by atoms with Crippen molar-refractivity contribution in [3.05, 3.63) is 59.7 Å². The number of hydrogen-bond donors (Lipinski definition) is 3. The first kappa shape index (κ1) is 25.1. The summed E-state index contributed by atoms with van der Waals surface area (Å²) in [4.78, 5) is 36.0. The Morgan fingerprint density at radius 1 is 1.03 bits per heavy atom. The van der Waals surface area contributed by atoms with Crippen LogP contribution in [0.5, 0.6) is 0 Å². The first-order chi connectivity index (χ1) is 17.0. The fourth-order valence-corrected chi connectivity index (χ4v) is 5.32. The monoisotopic (exact) mass is 498 g/mol. The van der Waals surface area contributed by atoms with Gasteiger partial charge in [0.2, 0.25) is 5.91 Å². The first-order valence-electron chi connectivity index (χ1n) is 11.7. The second kappa shape index (κ2) is 11.6. The molecule has 0 unspecified atom stereocenters. The molecule has 2 aliphatic rings. The number of hydrogen-bond acceptors (Lipinski definition) is 6. The zero-order valence-corrected chi connectivity index (χ0v) is 20.3. The number of rotatable bonds is 10. The molecule has 1 aliphatic heterocycles. The molecule has 186 valence electrons. The average molecular weight is 499 g/mol. The summed E-state index contributed by atoms with van der Waals surface area (Å²) in [5.74, 6) is -0.601. The van der Waals surface area contributed by atoms with Gasteiger partial charge in [-0.25, -0.2) is 4.79 Å². The lowest BCUT2D eigenvalue weighted by molar-refractivity contribution is -0.134. The van der Waals surface area contributed by atoms with Crippen molar-refractivity contribution in [1.82, 2.24) is 10.6 Å². The predicted octanol–water partition coefficient (Wildman–Crippen LogP) is 3.40. The normalized spacial score (nSPS) is 16.1. The van der Waals surface area contributed by atoms with E-state index in [1.807, 2.05) is 24.3 Å². The maximum absolute atomic E-state index is 12.9. The molecular formula is C26H30N2O6S. The molecule has 0 atom stereocenters. The summed E-state index contributed by atoms with van der Waals surface area (Å²) in [6.07, 6.45) is 0.597. The van der Waals surface area contributed by atoms with Crippen molar-refractivity contribution in [2.45, 2.75) is 30.7 Å². The van der Waals surface area contributed by atoms with Crippen molar-refractivity contribution in [2.24, 2.45) is 0 Å². The van der Waals surface area contributed by atoms with Crippen LogP contribution < -0.4 is 10.6 Å². The Labute approximate surface area is 208 Å². The van der Waals surface area contributed by atoms with E-state index in [0.717, 1.165) is 22.3 Å². The summed E-state index contributed by atoms with van der Waals surface area (Å²) in [6.45, 7) is 1.48. The Bertz CT molecular complexity index is 1020. The Hall–Kier alpha value is -3.04. The van der Waals surface area contributed by atoms with Gasteiger partial charge in [-0.1, -0.05) is 48.5 Å². The van der Waals surface area contributed by atoms with Crippen molar-refractivity contribution >= 4 is 29.7 Å². The average Bonchev–Trinajstić information content (AvgIpc) is 3.16. The molecule has 2 aromatic carbocycles. The minimum atomic E-state index is -0.880. The summed E-state index contributed by atoms with van der Waals surface area (Å²) in [6, 6.07) is 16.3. The van der Waals surface area contributed by atoms with E-state index in [2.05, 4.69) is 34.9 Å². The molecule has 2 aromatic rings. The number of amides is 2. The van der Waals surface area contributed by atoms with Crippen LogP contribution in [0.4, 0.5) is 4.79 Å². The number of carboxylic acids is 1. The summed E-state index contributed by atoms with van der Waals surface area (Å²) in [5, 5.41) is 14.5. The molecule has 0 saturated carbocycles. The quantitative estimate of drug-likeness (QED) is 0.430. The van der Waals surface area contributed by atoms with Crippen LogP contribution in [0.3, 0.4) is 0 Å². The summed E-state index contributed by atoms with van der Waals surface area (Å²) >= 11 is 1.24. The van der Waals surface area contributed by atoms with E-state index in [1.54, 1.807) is 0 Å². The first-order valence-corrected chi connectivity index (χ1v) is 12.9. The number of alkyl carbamates (subject to hydrolysis) is 1. The van der Waals surface area contributed by atoms with Gasteiger partial charge in [0.1, 0.15) is 6.61 Å². The number of carbonyl (C=O) groups excluding carboxylic acids is 2. The van der Waals surface area contributed by atoms with Gasteiger partial charge in [-0.2, -0.15) is 0 Å². The van der Waals surface area contributed by atoms with E-state index in [1.165, 1.54) is 11.8 Å². The smallest absolute Gasteiger partial charge is 0.407 e. The van der Waals surface area contributed by atoms with Gasteiger partial charge in [-0.15, -0.1) is 11.8 Å². The highest BCUT2D eigenvalue weighted by Crippen LogP contribution is 2.44. The molecule has 1 heterocycles. The molecule has 3 N–H and O–H groups in total. The molecule has 4 rings (SSSR count). The van der Waals surface area contributed by atoms with Gasteiger partial charge in [0.15, 0.2) is 0 Å². The predicted molar refractivity (Wildman–Crippen MR) is 134 cm³/mol. The van der Waals surface area contributed by atoms with Gasteiger partial charge in [-0.05, 0) is 35.1 Å². The number of carbonyl (C=O) groups is 3. The minimum Gasteiger partial charge on any atom is -0.481 e. The number of nitrogens with one attached hydrogen (secondary N) is 2. The zero-order chi connectivity index (χ0) is 24.7. The highest BCUT2D eigenvalue weighted by Gasteiger charge is 2.37. The number of aliphatic carboxylic acids is 1. The maximum Gasteiger partial charge on any atom is 0.407 e. The maximum atomic E-state index is 12.9. The second-order valence-corrected chi connectivity index (χ2v) is 9.92. The molecule has 1 aliphatic carbocycles. The molecule has 1 fully saturated rings. The highest BCUT2D eigenvalue weighted by molar-refractivity contribution is 7.99. The topological polar surface area (TPSA) is 114 Å². The van der Waals surface area contributed by atoms with Crippen LogP contribution in [-0.2, 0) is 19.1 Å². The number of carboxylic acid groups (broad SMARTS) is 1. The van der Waals surface area contributed by atoms with Gasteiger partial charge >= 0.3 is 12.1 Å². The van der Waals surface area contributed by atoms with E-state index in [9.17, 15) is 14.4 Å². The SMILES string of the molecule is O=C(O)CSCCNC(=O)CC1(NC(=O)OCC2c3ccccc3-c3ccccc32)CCOCC1. The lowest BCUT2D eigenvalue weighted by Gasteiger charge is -2.37. The third-order valence-electron chi connectivity index (χ3n) is 6.45. The van der Waals surface area contributed by atoms with Crippen LogP contribution in [0, 0.1) is 0 Å². The molecule has 0 bridgehead atoms. The van der Waals surface area contributed by atoms with Gasteiger partial charge < -0.3 is 25.2 Å². The van der Waals surface area contributed by atoms with Gasteiger partial charge in [-0.3, -0.25) is 9.59 Å². The van der Waals surface area contributed by atoms with E-state index < -0.39 is 17.6 Å². The molecule has 1 saturated heterocycles. The number of thioether (sulfide) groups is 1. The zero-order valence-electron chi connectivity index (χ0n) is 19.5. The molecule has 8 nitrogen and oxygen atoms in total. The lowest BCUT2D eigenvalue weighted by atomic mass is 9.86. The van der Waals surface area contributed by atoms with Crippen LogP contribution in [0.25, 0.3) is 11.1 Å². The van der Waals surface area contributed by atoms with Gasteiger partial charge in [0, 0.05) is 37.9 Å². The number of ether oxygens (including phenoxy) is 2. The summed E-state index contributed by atoms with van der Waals surface area (Å²) < 4.78 is 11.2. The molecule has 0 spiro atoms. The van der Waals surface area contributed by atoms with Crippen molar-refractivity contribution in [3.8, 4) is 11.1 Å². The molecule has 0 aromatic heterocycles. The van der Waals surface area contributed by atoms with Crippen LogP contribution >= 0.6 is 11.8 Å². The highest BCUT2D eigenvalue weighted by atomic mass is 32.2. The minimum absolute atomic E-state index is 0.000483. The van der Waals surface area contributed by atoms with Gasteiger partial charge in [0.05, 0.1) is 11.3 Å². The molecule has 2 amide bonds. The van der Waals surface area contributed by atoms with Crippen LogP contribution in [-0.4, -0.2) is 66.5 Å². The molecule has 9 heteroatoms. The van der Waals surface area contributed by atoms with Crippen molar-refractivity contribution < 1.29 is 29.0 Å². The van der Waals surface area contributed by atoms with E-state index in [4.69, 9.17) is 14.6 Å². The molecule has 35 heavy (non-hydrogen) atoms. The molecular weight excluding hydrogens is 468 g/mol. The molecule has 0 radical (unpaired) electrons. The van der Waals surface area contributed by atoms with E-state index >= 15 is 0 Å². The summed E-state index contributed by atoms with van der Waals surface area (Å²) in [5.41, 5.74) is 3.87. The van der Waals surface area contributed by atoms with Crippen molar-refractivity contribution in [3.63, 3.8) is 0 Å². The Balaban J connectivity index is 1.34. The lowest BCUT2D eigenvalue weighted by Crippen LogP contribution is -2.54. The third-order valence-corrected chi connectivity index (χ3v) is 7.40. The van der Waals surface area contributed by atoms with Crippen molar-refractivity contribution in [2.75, 3.05) is 37.9 Å².